The van der Waals surface area contributed by atoms with Crippen molar-refractivity contribution in [1.29, 1.82) is 0 Å². The van der Waals surface area contributed by atoms with Gasteiger partial charge in [-0.3, -0.25) is 9.59 Å². The van der Waals surface area contributed by atoms with Crippen LogP contribution < -0.4 is 16.1 Å². The van der Waals surface area contributed by atoms with Gasteiger partial charge in [0.15, 0.2) is 16.8 Å². The van der Waals surface area contributed by atoms with Crippen LogP contribution in [0.25, 0.3) is 33.4 Å². The SMILES string of the molecule is CC(C)CCNC(=S)Nc1ccc(-c2c3ccc(=O)cc-3oc3cc(O)ccc23)c(C=O)c1. The summed E-state index contributed by atoms with van der Waals surface area (Å²) in [5, 5.41) is 17.4. The van der Waals surface area contributed by atoms with Crippen LogP contribution in [0.5, 0.6) is 5.75 Å². The van der Waals surface area contributed by atoms with E-state index in [-0.39, 0.29) is 11.2 Å². The molecule has 33 heavy (non-hydrogen) atoms. The molecule has 0 spiro atoms. The molecular weight excluding hydrogens is 436 g/mol. The van der Waals surface area contributed by atoms with Gasteiger partial charge in [-0.15, -0.1) is 0 Å². The van der Waals surface area contributed by atoms with E-state index in [4.69, 9.17) is 16.6 Å². The van der Waals surface area contributed by atoms with E-state index in [2.05, 4.69) is 24.5 Å². The van der Waals surface area contributed by atoms with E-state index in [1.165, 1.54) is 18.2 Å². The minimum atomic E-state index is -0.189. The Morgan fingerprint density at radius 2 is 1.88 bits per heavy atom. The van der Waals surface area contributed by atoms with Crippen LogP contribution >= 0.6 is 12.2 Å². The number of hydrogen-bond acceptors (Lipinski definition) is 5. The predicted octanol–water partition coefficient (Wildman–Crippen LogP) is 5.42. The lowest BCUT2D eigenvalue weighted by Crippen LogP contribution is -2.29. The molecule has 0 atom stereocenters. The Labute approximate surface area is 196 Å². The average Bonchev–Trinajstić information content (AvgIpc) is 2.77. The average molecular weight is 461 g/mol. The Balaban J connectivity index is 1.78. The molecule has 6 nitrogen and oxygen atoms in total. The zero-order valence-electron chi connectivity index (χ0n) is 18.3. The normalized spacial score (nSPS) is 11.1. The van der Waals surface area contributed by atoms with Crippen molar-refractivity contribution in [1.82, 2.24) is 5.32 Å². The highest BCUT2D eigenvalue weighted by molar-refractivity contribution is 7.80. The summed E-state index contributed by atoms with van der Waals surface area (Å²) < 4.78 is 5.89. The van der Waals surface area contributed by atoms with Gasteiger partial charge >= 0.3 is 0 Å². The molecule has 0 bridgehead atoms. The van der Waals surface area contributed by atoms with Crippen molar-refractivity contribution < 1.29 is 14.3 Å². The molecule has 1 aliphatic heterocycles. The first kappa shape index (κ1) is 22.5. The number of phenolic OH excluding ortho intramolecular Hbond substituents is 1. The highest BCUT2D eigenvalue weighted by Gasteiger charge is 2.20. The largest absolute Gasteiger partial charge is 0.508 e. The minimum absolute atomic E-state index is 0.0449. The van der Waals surface area contributed by atoms with Crippen LogP contribution in [0.4, 0.5) is 5.69 Å². The van der Waals surface area contributed by atoms with E-state index < -0.39 is 0 Å². The van der Waals surface area contributed by atoms with Crippen LogP contribution in [0, 0.1) is 5.92 Å². The number of thiocarbonyl (C=S) groups is 1. The molecule has 7 heteroatoms. The summed E-state index contributed by atoms with van der Waals surface area (Å²) in [7, 11) is 0. The van der Waals surface area contributed by atoms with Crippen LogP contribution in [-0.4, -0.2) is 23.0 Å². The summed E-state index contributed by atoms with van der Waals surface area (Å²) in [5.74, 6) is 0.997. The van der Waals surface area contributed by atoms with Crippen LogP contribution in [0.2, 0.25) is 0 Å². The molecule has 4 rings (SSSR count). The highest BCUT2D eigenvalue weighted by Crippen LogP contribution is 2.42. The molecule has 2 aliphatic rings. The van der Waals surface area contributed by atoms with E-state index in [0.717, 1.165) is 24.8 Å². The second-order valence-electron chi connectivity index (χ2n) is 8.30. The Morgan fingerprint density at radius 3 is 2.64 bits per heavy atom. The first-order valence-corrected chi connectivity index (χ1v) is 11.1. The molecular formula is C26H24N2O4S. The van der Waals surface area contributed by atoms with Gasteiger partial charge in [0.2, 0.25) is 0 Å². The zero-order valence-corrected chi connectivity index (χ0v) is 19.2. The second kappa shape index (κ2) is 9.42. The maximum Gasteiger partial charge on any atom is 0.182 e. The third kappa shape index (κ3) is 4.88. The lowest BCUT2D eigenvalue weighted by atomic mass is 9.91. The molecule has 0 saturated heterocycles. The smallest absolute Gasteiger partial charge is 0.182 e. The molecule has 0 fully saturated rings. The maximum atomic E-state index is 12.1. The standard InChI is InChI=1S/C26H24N2O4S/c1-15(2)9-10-27-26(33)28-17-3-6-20(16(11-17)14-29)25-21-7-4-18(30)12-23(21)32-24-13-19(31)5-8-22(24)25/h3-8,11-15,30H,9-10H2,1-2H3,(H2,27,28,33). The summed E-state index contributed by atoms with van der Waals surface area (Å²) in [4.78, 5) is 24.0. The monoisotopic (exact) mass is 460 g/mol. The third-order valence-corrected chi connectivity index (χ3v) is 5.64. The molecule has 0 saturated carbocycles. The van der Waals surface area contributed by atoms with E-state index in [9.17, 15) is 14.7 Å². The van der Waals surface area contributed by atoms with Crippen LogP contribution in [0.1, 0.15) is 30.6 Å². The fourth-order valence-corrected chi connectivity index (χ4v) is 3.98. The number of fused-ring (bicyclic) bond motifs is 2. The van der Waals surface area contributed by atoms with Crippen molar-refractivity contribution in [2.75, 3.05) is 11.9 Å². The summed E-state index contributed by atoms with van der Waals surface area (Å²) in [6.45, 7) is 5.07. The third-order valence-electron chi connectivity index (χ3n) is 5.39. The zero-order chi connectivity index (χ0) is 23.5. The Bertz CT molecular complexity index is 1380. The molecule has 2 aromatic carbocycles. The first-order chi connectivity index (χ1) is 15.9. The highest BCUT2D eigenvalue weighted by atomic mass is 32.1. The lowest BCUT2D eigenvalue weighted by molar-refractivity contribution is 0.112. The maximum absolute atomic E-state index is 12.1. The van der Waals surface area contributed by atoms with Crippen LogP contribution in [0.3, 0.4) is 0 Å². The number of aldehydes is 1. The number of rotatable bonds is 6. The fourth-order valence-electron chi connectivity index (χ4n) is 3.76. The van der Waals surface area contributed by atoms with Crippen molar-refractivity contribution in [2.45, 2.75) is 20.3 Å². The Kier molecular flexibility index (Phi) is 6.42. The van der Waals surface area contributed by atoms with Gasteiger partial charge in [0.05, 0.1) is 0 Å². The molecule has 1 heterocycles. The summed E-state index contributed by atoms with van der Waals surface area (Å²) in [5.41, 5.74) is 3.50. The predicted molar refractivity (Wildman–Crippen MR) is 135 cm³/mol. The number of benzene rings is 3. The van der Waals surface area contributed by atoms with Crippen LogP contribution in [-0.2, 0) is 0 Å². The summed E-state index contributed by atoms with van der Waals surface area (Å²) >= 11 is 5.37. The Morgan fingerprint density at radius 1 is 1.09 bits per heavy atom. The number of aromatic hydroxyl groups is 1. The number of anilines is 1. The van der Waals surface area contributed by atoms with Gasteiger partial charge in [0, 0.05) is 46.4 Å². The van der Waals surface area contributed by atoms with E-state index in [1.54, 1.807) is 24.3 Å². The molecule has 1 aliphatic carbocycles. The summed E-state index contributed by atoms with van der Waals surface area (Å²) in [6, 6.07) is 14.8. The van der Waals surface area contributed by atoms with Crippen molar-refractivity contribution in [3.05, 3.63) is 70.4 Å². The number of phenols is 1. The molecule has 3 N–H and O–H groups in total. The van der Waals surface area contributed by atoms with Gasteiger partial charge in [-0.1, -0.05) is 19.9 Å². The van der Waals surface area contributed by atoms with Crippen molar-refractivity contribution in [2.24, 2.45) is 5.92 Å². The molecule has 2 aromatic rings. The van der Waals surface area contributed by atoms with E-state index in [1.807, 2.05) is 12.1 Å². The topological polar surface area (TPSA) is 91.6 Å². The van der Waals surface area contributed by atoms with Gasteiger partial charge in [0.25, 0.3) is 0 Å². The van der Waals surface area contributed by atoms with Gasteiger partial charge in [0.1, 0.15) is 17.1 Å². The molecule has 168 valence electrons. The fraction of sp³-hybridized carbons (Fsp3) is 0.192. The Hall–Kier alpha value is -3.71. The quantitative estimate of drug-likeness (QED) is 0.201. The van der Waals surface area contributed by atoms with Gasteiger partial charge in [-0.25, -0.2) is 0 Å². The molecule has 0 radical (unpaired) electrons. The van der Waals surface area contributed by atoms with Gasteiger partial charge in [-0.05, 0) is 66.5 Å². The van der Waals surface area contributed by atoms with E-state index >= 15 is 0 Å². The first-order valence-electron chi connectivity index (χ1n) is 10.7. The number of carbonyl (C=O) groups is 1. The van der Waals surface area contributed by atoms with Crippen LogP contribution in [0.15, 0.2) is 63.8 Å². The number of hydrogen-bond donors (Lipinski definition) is 3. The second-order valence-corrected chi connectivity index (χ2v) is 8.71. The van der Waals surface area contributed by atoms with Gasteiger partial charge < -0.3 is 20.2 Å². The van der Waals surface area contributed by atoms with Crippen molar-refractivity contribution in [3.8, 4) is 28.2 Å². The number of carbonyl (C=O) groups excluding carboxylic acids is 1. The minimum Gasteiger partial charge on any atom is -0.508 e. The molecule has 0 unspecified atom stereocenters. The molecule has 0 amide bonds. The van der Waals surface area contributed by atoms with E-state index in [0.29, 0.717) is 50.1 Å². The lowest BCUT2D eigenvalue weighted by Gasteiger charge is -2.17. The summed E-state index contributed by atoms with van der Waals surface area (Å²) in [6.07, 6.45) is 1.79. The van der Waals surface area contributed by atoms with Crippen molar-refractivity contribution >= 4 is 40.3 Å². The van der Waals surface area contributed by atoms with Crippen molar-refractivity contribution in [3.63, 3.8) is 0 Å². The van der Waals surface area contributed by atoms with Gasteiger partial charge in [-0.2, -0.15) is 0 Å². The molecule has 0 aromatic heterocycles. The number of nitrogens with one attached hydrogen (secondary N) is 2.